The summed E-state index contributed by atoms with van der Waals surface area (Å²) in [5, 5.41) is 2.74. The van der Waals surface area contributed by atoms with Crippen molar-refractivity contribution in [3.8, 4) is 5.75 Å². The fourth-order valence-corrected chi connectivity index (χ4v) is 2.87. The van der Waals surface area contributed by atoms with Crippen molar-refractivity contribution in [1.82, 2.24) is 5.32 Å². The number of hydrogen-bond donors (Lipinski definition) is 1. The molecule has 0 spiro atoms. The third kappa shape index (κ3) is 7.77. The molecule has 0 fully saturated rings. The average molecular weight is 464 g/mol. The molecule has 2 aromatic rings. The quantitative estimate of drug-likeness (QED) is 0.592. The minimum Gasteiger partial charge on any atom is -0.489 e. The molecule has 0 aliphatic heterocycles. The van der Waals surface area contributed by atoms with Crippen molar-refractivity contribution in [1.29, 1.82) is 0 Å². The number of nitrogens with one attached hydrogen (secondary N) is 1. The monoisotopic (exact) mass is 463 g/mol. The third-order valence-electron chi connectivity index (χ3n) is 3.84. The highest BCUT2D eigenvalue weighted by atomic mass is 79.9. The van der Waals surface area contributed by atoms with Crippen LogP contribution in [-0.4, -0.2) is 31.3 Å². The summed E-state index contributed by atoms with van der Waals surface area (Å²) in [4.78, 5) is 23.4. The largest absolute Gasteiger partial charge is 0.489 e. The van der Waals surface area contributed by atoms with Gasteiger partial charge in [0, 0.05) is 16.6 Å². The number of alkyl carbamates (subject to hydrolysis) is 1. The van der Waals surface area contributed by atoms with E-state index in [9.17, 15) is 9.59 Å². The van der Waals surface area contributed by atoms with Crippen LogP contribution in [0.3, 0.4) is 0 Å². The van der Waals surface area contributed by atoms with Gasteiger partial charge in [-0.25, -0.2) is 9.59 Å². The molecule has 7 heteroatoms. The highest BCUT2D eigenvalue weighted by Gasteiger charge is 2.15. The standard InChI is InChI=1S/C22H26BrNO5/c1-22(2,3)29-21(26)24-11-10-15-6-5-7-18(12-15)28-14-17-13-16(20(25)27-4)8-9-19(17)23/h5-9,12-13H,10-11,14H2,1-4H3,(H,24,26). The summed E-state index contributed by atoms with van der Waals surface area (Å²) < 4.78 is 16.7. The SMILES string of the molecule is COC(=O)c1ccc(Br)c(COc2cccc(CCNC(=O)OC(C)(C)C)c2)c1. The maximum Gasteiger partial charge on any atom is 0.407 e. The molecule has 0 bridgehead atoms. The van der Waals surface area contributed by atoms with Crippen LogP contribution in [0.5, 0.6) is 5.75 Å². The molecule has 0 saturated heterocycles. The summed E-state index contributed by atoms with van der Waals surface area (Å²) in [6, 6.07) is 12.9. The molecule has 156 valence electrons. The average Bonchev–Trinajstić information content (AvgIpc) is 2.65. The lowest BCUT2D eigenvalue weighted by Gasteiger charge is -2.19. The minimum absolute atomic E-state index is 0.297. The summed E-state index contributed by atoms with van der Waals surface area (Å²) in [5.74, 6) is 0.313. The Morgan fingerprint density at radius 2 is 1.86 bits per heavy atom. The van der Waals surface area contributed by atoms with Gasteiger partial charge in [0.2, 0.25) is 0 Å². The van der Waals surface area contributed by atoms with Crippen molar-refractivity contribution in [3.63, 3.8) is 0 Å². The first kappa shape index (κ1) is 22.7. The molecule has 0 radical (unpaired) electrons. The molecule has 0 heterocycles. The molecule has 0 unspecified atom stereocenters. The summed E-state index contributed by atoms with van der Waals surface area (Å²) in [6.45, 7) is 6.24. The number of methoxy groups -OCH3 is 1. The van der Waals surface area contributed by atoms with Gasteiger partial charge in [-0.05, 0) is 63.1 Å². The lowest BCUT2D eigenvalue weighted by Crippen LogP contribution is -2.33. The van der Waals surface area contributed by atoms with E-state index in [1.807, 2.05) is 45.0 Å². The molecule has 0 aliphatic carbocycles. The molecule has 29 heavy (non-hydrogen) atoms. The molecule has 0 atom stereocenters. The Bertz CT molecular complexity index is 861. The number of benzene rings is 2. The first-order valence-electron chi connectivity index (χ1n) is 9.23. The maximum atomic E-state index is 11.7. The molecule has 0 aliphatic rings. The van der Waals surface area contributed by atoms with Gasteiger partial charge in [0.15, 0.2) is 0 Å². The van der Waals surface area contributed by atoms with Gasteiger partial charge in [-0.15, -0.1) is 0 Å². The normalized spacial score (nSPS) is 10.9. The Morgan fingerprint density at radius 1 is 1.10 bits per heavy atom. The van der Waals surface area contributed by atoms with Crippen molar-refractivity contribution in [3.05, 3.63) is 63.6 Å². The summed E-state index contributed by atoms with van der Waals surface area (Å²) in [6.07, 6.45) is 0.220. The first-order chi connectivity index (χ1) is 13.7. The van der Waals surface area contributed by atoms with Crippen LogP contribution in [0.2, 0.25) is 0 Å². The second-order valence-electron chi connectivity index (χ2n) is 7.41. The van der Waals surface area contributed by atoms with Crippen molar-refractivity contribution in [2.45, 2.75) is 39.4 Å². The molecular weight excluding hydrogens is 438 g/mol. The zero-order valence-corrected chi connectivity index (χ0v) is 18.7. The van der Waals surface area contributed by atoms with Crippen LogP contribution in [0, 0.1) is 0 Å². The van der Waals surface area contributed by atoms with E-state index in [-0.39, 0.29) is 0 Å². The van der Waals surface area contributed by atoms with Crippen LogP contribution >= 0.6 is 15.9 Å². The van der Waals surface area contributed by atoms with E-state index in [0.717, 1.165) is 15.6 Å². The predicted octanol–water partition coefficient (Wildman–Crippen LogP) is 4.88. The number of amides is 1. The van der Waals surface area contributed by atoms with E-state index >= 15 is 0 Å². The van der Waals surface area contributed by atoms with Crippen molar-refractivity contribution >= 4 is 28.0 Å². The molecule has 2 rings (SSSR count). The lowest BCUT2D eigenvalue weighted by atomic mass is 10.1. The summed E-state index contributed by atoms with van der Waals surface area (Å²) in [5.41, 5.74) is 1.82. The molecule has 2 aromatic carbocycles. The lowest BCUT2D eigenvalue weighted by molar-refractivity contribution is 0.0527. The van der Waals surface area contributed by atoms with Crippen molar-refractivity contribution in [2.24, 2.45) is 0 Å². The maximum absolute atomic E-state index is 11.7. The topological polar surface area (TPSA) is 73.9 Å². The van der Waals surface area contributed by atoms with Gasteiger partial charge in [-0.1, -0.05) is 28.1 Å². The summed E-state index contributed by atoms with van der Waals surface area (Å²) >= 11 is 3.47. The number of rotatable bonds is 7. The van der Waals surface area contributed by atoms with Gasteiger partial charge in [0.1, 0.15) is 18.0 Å². The van der Waals surface area contributed by atoms with Crippen LogP contribution in [0.1, 0.15) is 42.3 Å². The van der Waals surface area contributed by atoms with Crippen LogP contribution in [0.25, 0.3) is 0 Å². The highest BCUT2D eigenvalue weighted by molar-refractivity contribution is 9.10. The van der Waals surface area contributed by atoms with Crippen LogP contribution in [-0.2, 0) is 22.5 Å². The van der Waals surface area contributed by atoms with Gasteiger partial charge < -0.3 is 19.5 Å². The zero-order valence-electron chi connectivity index (χ0n) is 17.1. The smallest absolute Gasteiger partial charge is 0.407 e. The predicted molar refractivity (Wildman–Crippen MR) is 114 cm³/mol. The Balaban J connectivity index is 1.92. The highest BCUT2D eigenvalue weighted by Crippen LogP contribution is 2.22. The van der Waals surface area contributed by atoms with Crippen LogP contribution in [0.4, 0.5) is 4.79 Å². The van der Waals surface area contributed by atoms with E-state index in [1.165, 1.54) is 7.11 Å². The van der Waals surface area contributed by atoms with Crippen molar-refractivity contribution in [2.75, 3.05) is 13.7 Å². The van der Waals surface area contributed by atoms with E-state index in [1.54, 1.807) is 18.2 Å². The second-order valence-corrected chi connectivity index (χ2v) is 8.27. The minimum atomic E-state index is -0.517. The fraction of sp³-hybridized carbons (Fsp3) is 0.364. The van der Waals surface area contributed by atoms with Gasteiger partial charge in [-0.2, -0.15) is 0 Å². The second kappa shape index (κ2) is 10.3. The van der Waals surface area contributed by atoms with Gasteiger partial charge in [-0.3, -0.25) is 0 Å². The molecular formula is C22H26BrNO5. The Labute approximate surface area is 179 Å². The van der Waals surface area contributed by atoms with Crippen LogP contribution in [0.15, 0.2) is 46.9 Å². The number of ether oxygens (including phenoxy) is 3. The molecule has 1 N–H and O–H groups in total. The molecule has 6 nitrogen and oxygen atoms in total. The Morgan fingerprint density at radius 3 is 2.55 bits per heavy atom. The summed E-state index contributed by atoms with van der Waals surface area (Å²) in [7, 11) is 1.35. The Hall–Kier alpha value is -2.54. The fourth-order valence-electron chi connectivity index (χ4n) is 2.51. The van der Waals surface area contributed by atoms with E-state index in [2.05, 4.69) is 21.2 Å². The molecule has 0 aromatic heterocycles. The first-order valence-corrected chi connectivity index (χ1v) is 10.0. The number of carbonyl (C=O) groups is 2. The zero-order chi connectivity index (χ0) is 21.4. The van der Waals surface area contributed by atoms with E-state index < -0.39 is 17.7 Å². The third-order valence-corrected chi connectivity index (χ3v) is 4.62. The Kier molecular flexibility index (Phi) is 8.08. The number of hydrogen-bond acceptors (Lipinski definition) is 5. The molecule has 0 saturated carbocycles. The van der Waals surface area contributed by atoms with E-state index in [4.69, 9.17) is 14.2 Å². The van der Waals surface area contributed by atoms with Gasteiger partial charge in [0.05, 0.1) is 12.7 Å². The molecule has 1 amide bonds. The van der Waals surface area contributed by atoms with E-state index in [0.29, 0.717) is 30.9 Å². The van der Waals surface area contributed by atoms with Crippen molar-refractivity contribution < 1.29 is 23.8 Å². The van der Waals surface area contributed by atoms with Gasteiger partial charge >= 0.3 is 12.1 Å². The van der Waals surface area contributed by atoms with Gasteiger partial charge in [0.25, 0.3) is 0 Å². The number of carbonyl (C=O) groups excluding carboxylic acids is 2. The number of esters is 1. The van der Waals surface area contributed by atoms with Crippen LogP contribution < -0.4 is 10.1 Å². The number of halogens is 1.